The highest BCUT2D eigenvalue weighted by Crippen LogP contribution is 2.17. The van der Waals surface area contributed by atoms with E-state index in [1.807, 2.05) is 25.8 Å². The zero-order chi connectivity index (χ0) is 12.3. The summed E-state index contributed by atoms with van der Waals surface area (Å²) in [7, 11) is -1.25. The molecule has 0 bridgehead atoms. The molecule has 1 fully saturated rings. The van der Waals surface area contributed by atoms with Gasteiger partial charge in [0.15, 0.2) is 9.84 Å². The van der Waals surface area contributed by atoms with Crippen LogP contribution in [0.1, 0.15) is 13.8 Å². The average molecular weight is 251 g/mol. The largest absolute Gasteiger partial charge is 0.390 e. The van der Waals surface area contributed by atoms with E-state index in [-0.39, 0.29) is 23.7 Å². The zero-order valence-electron chi connectivity index (χ0n) is 10.1. The van der Waals surface area contributed by atoms with Gasteiger partial charge < -0.3 is 9.84 Å². The molecule has 2 atom stereocenters. The third kappa shape index (κ3) is 4.01. The van der Waals surface area contributed by atoms with Crippen molar-refractivity contribution >= 4 is 9.84 Å². The number of hydrogen-bond donors (Lipinski definition) is 1. The first-order valence-electron chi connectivity index (χ1n) is 5.52. The molecule has 1 aliphatic heterocycles. The second kappa shape index (κ2) is 5.44. The molecule has 1 saturated heterocycles. The van der Waals surface area contributed by atoms with Crippen LogP contribution in [-0.2, 0) is 14.6 Å². The van der Waals surface area contributed by atoms with Gasteiger partial charge in [-0.05, 0) is 20.9 Å². The van der Waals surface area contributed by atoms with Gasteiger partial charge >= 0.3 is 0 Å². The van der Waals surface area contributed by atoms with Crippen molar-refractivity contribution in [2.24, 2.45) is 0 Å². The van der Waals surface area contributed by atoms with Crippen molar-refractivity contribution in [1.29, 1.82) is 0 Å². The smallest absolute Gasteiger partial charge is 0.154 e. The highest BCUT2D eigenvalue weighted by Gasteiger charge is 2.38. The van der Waals surface area contributed by atoms with Crippen LogP contribution >= 0.6 is 0 Å². The van der Waals surface area contributed by atoms with E-state index < -0.39 is 15.9 Å². The Hall–Kier alpha value is -0.170. The molecule has 1 N–H and O–H groups in total. The average Bonchev–Trinajstić information content (AvgIpc) is 2.39. The lowest BCUT2D eigenvalue weighted by Gasteiger charge is -2.25. The van der Waals surface area contributed by atoms with Crippen LogP contribution in [-0.4, -0.2) is 68.4 Å². The van der Waals surface area contributed by atoms with Gasteiger partial charge in [-0.25, -0.2) is 8.42 Å². The minimum Gasteiger partial charge on any atom is -0.390 e. The van der Waals surface area contributed by atoms with Gasteiger partial charge in [-0.3, -0.25) is 4.90 Å². The summed E-state index contributed by atoms with van der Waals surface area (Å²) < 4.78 is 28.0. The zero-order valence-corrected chi connectivity index (χ0v) is 10.9. The summed E-state index contributed by atoms with van der Waals surface area (Å²) >= 11 is 0. The number of hydrogen-bond acceptors (Lipinski definition) is 5. The van der Waals surface area contributed by atoms with E-state index in [2.05, 4.69) is 0 Å². The molecule has 5 nitrogen and oxygen atoms in total. The Bertz CT molecular complexity index is 315. The van der Waals surface area contributed by atoms with E-state index in [1.165, 1.54) is 0 Å². The Kier molecular flexibility index (Phi) is 4.73. The van der Waals surface area contributed by atoms with E-state index >= 15 is 0 Å². The molecule has 96 valence electrons. The van der Waals surface area contributed by atoms with Gasteiger partial charge in [0.05, 0.1) is 36.4 Å². The number of rotatable bonds is 5. The summed E-state index contributed by atoms with van der Waals surface area (Å²) in [5.41, 5.74) is 0. The van der Waals surface area contributed by atoms with Crippen LogP contribution in [0.15, 0.2) is 0 Å². The fourth-order valence-corrected chi connectivity index (χ4v) is 3.71. The summed E-state index contributed by atoms with van der Waals surface area (Å²) in [5.74, 6) is -0.0700. The normalized spacial score (nSPS) is 29.1. The molecule has 1 rings (SSSR count). The summed E-state index contributed by atoms with van der Waals surface area (Å²) in [5, 5.41) is 9.64. The van der Waals surface area contributed by atoms with Crippen molar-refractivity contribution in [3.63, 3.8) is 0 Å². The third-order valence-electron chi connectivity index (χ3n) is 2.75. The fourth-order valence-electron chi connectivity index (χ4n) is 1.83. The van der Waals surface area contributed by atoms with Gasteiger partial charge in [0.25, 0.3) is 0 Å². The summed E-state index contributed by atoms with van der Waals surface area (Å²) in [6, 6.07) is -0.291. The summed E-state index contributed by atoms with van der Waals surface area (Å²) in [6.07, 6.45) is -0.598. The Balaban J connectivity index is 2.40. The number of nitrogens with zero attached hydrogens (tertiary/aromatic N) is 1. The van der Waals surface area contributed by atoms with Gasteiger partial charge in [-0.2, -0.15) is 0 Å². The molecule has 0 saturated carbocycles. The number of likely N-dealkylation sites (N-methyl/N-ethyl adjacent to an activating group) is 1. The SMILES string of the molecule is CC(C)OCCN(C)C1CS(=O)(=O)CC1O. The van der Waals surface area contributed by atoms with E-state index in [1.54, 1.807) is 0 Å². The molecule has 0 aliphatic carbocycles. The molecular weight excluding hydrogens is 230 g/mol. The van der Waals surface area contributed by atoms with Crippen molar-refractivity contribution < 1.29 is 18.3 Å². The lowest BCUT2D eigenvalue weighted by Crippen LogP contribution is -2.42. The van der Waals surface area contributed by atoms with Gasteiger partial charge in [0.2, 0.25) is 0 Å². The van der Waals surface area contributed by atoms with E-state index in [0.717, 1.165) is 0 Å². The van der Waals surface area contributed by atoms with Crippen molar-refractivity contribution in [3.8, 4) is 0 Å². The second-order valence-electron chi connectivity index (χ2n) is 4.61. The molecule has 0 spiro atoms. The number of sulfone groups is 1. The highest BCUT2D eigenvalue weighted by atomic mass is 32.2. The van der Waals surface area contributed by atoms with E-state index in [0.29, 0.717) is 13.2 Å². The number of aliphatic hydroxyl groups is 1. The molecule has 16 heavy (non-hydrogen) atoms. The standard InChI is InChI=1S/C10H21NO4S/c1-8(2)15-5-4-11(3)9-6-16(13,14)7-10(9)12/h8-10,12H,4-7H2,1-3H3. The monoisotopic (exact) mass is 251 g/mol. The lowest BCUT2D eigenvalue weighted by molar-refractivity contribution is 0.0395. The van der Waals surface area contributed by atoms with Crippen LogP contribution in [0.4, 0.5) is 0 Å². The minimum atomic E-state index is -3.06. The molecule has 0 amide bonds. The molecule has 1 aliphatic rings. The topological polar surface area (TPSA) is 66.8 Å². The maximum atomic E-state index is 11.3. The quantitative estimate of drug-likeness (QED) is 0.713. The van der Waals surface area contributed by atoms with Crippen LogP contribution in [0.25, 0.3) is 0 Å². The predicted molar refractivity (Wildman–Crippen MR) is 62.2 cm³/mol. The van der Waals surface area contributed by atoms with Gasteiger partial charge in [0, 0.05) is 6.54 Å². The van der Waals surface area contributed by atoms with Gasteiger partial charge in [0.1, 0.15) is 0 Å². The fraction of sp³-hybridized carbons (Fsp3) is 1.00. The van der Waals surface area contributed by atoms with Crippen LogP contribution in [0, 0.1) is 0 Å². The molecule has 0 aromatic carbocycles. The Labute approximate surface area is 97.3 Å². The van der Waals surface area contributed by atoms with Gasteiger partial charge in [-0.15, -0.1) is 0 Å². The molecule has 2 unspecified atom stereocenters. The van der Waals surface area contributed by atoms with Crippen molar-refractivity contribution in [1.82, 2.24) is 4.90 Å². The molecule has 0 aromatic heterocycles. The first-order valence-corrected chi connectivity index (χ1v) is 7.34. The second-order valence-corrected chi connectivity index (χ2v) is 6.77. The van der Waals surface area contributed by atoms with E-state index in [9.17, 15) is 13.5 Å². The van der Waals surface area contributed by atoms with Crippen LogP contribution in [0.3, 0.4) is 0 Å². The van der Waals surface area contributed by atoms with Crippen LogP contribution in [0.5, 0.6) is 0 Å². The van der Waals surface area contributed by atoms with Crippen LogP contribution < -0.4 is 0 Å². The predicted octanol–water partition coefficient (Wildman–Crippen LogP) is -0.499. The molecule has 0 radical (unpaired) electrons. The van der Waals surface area contributed by atoms with Crippen molar-refractivity contribution in [3.05, 3.63) is 0 Å². The first-order chi connectivity index (χ1) is 7.32. The maximum absolute atomic E-state index is 11.3. The Morgan fingerprint density at radius 3 is 2.50 bits per heavy atom. The minimum absolute atomic E-state index is 0.0480. The first kappa shape index (κ1) is 13.9. The molecule has 6 heteroatoms. The molecular formula is C10H21NO4S. The Morgan fingerprint density at radius 2 is 2.06 bits per heavy atom. The highest BCUT2D eigenvalue weighted by molar-refractivity contribution is 7.91. The summed E-state index contributed by atoms with van der Waals surface area (Å²) in [4.78, 5) is 1.86. The van der Waals surface area contributed by atoms with Crippen LogP contribution in [0.2, 0.25) is 0 Å². The molecule has 0 aromatic rings. The maximum Gasteiger partial charge on any atom is 0.154 e. The van der Waals surface area contributed by atoms with E-state index in [4.69, 9.17) is 4.74 Å². The lowest BCUT2D eigenvalue weighted by atomic mass is 10.2. The van der Waals surface area contributed by atoms with Crippen molar-refractivity contribution in [2.75, 3.05) is 31.7 Å². The van der Waals surface area contributed by atoms with Crippen molar-refractivity contribution in [2.45, 2.75) is 32.1 Å². The molecule has 1 heterocycles. The van der Waals surface area contributed by atoms with Gasteiger partial charge in [-0.1, -0.05) is 0 Å². The Morgan fingerprint density at radius 1 is 1.44 bits per heavy atom. The number of ether oxygens (including phenoxy) is 1. The third-order valence-corrected chi connectivity index (χ3v) is 4.45. The summed E-state index contributed by atoms with van der Waals surface area (Å²) in [6.45, 7) is 5.09. The number of aliphatic hydroxyl groups excluding tert-OH is 1.